The Morgan fingerprint density at radius 2 is 1.39 bits per heavy atom. The van der Waals surface area contributed by atoms with Gasteiger partial charge in [-0.25, -0.2) is 18.0 Å². The number of ether oxygens (including phenoxy) is 2. The predicted octanol–water partition coefficient (Wildman–Crippen LogP) is -0.921. The summed E-state index contributed by atoms with van der Waals surface area (Å²) in [7, 11) is -3.62. The third-order valence-electron chi connectivity index (χ3n) is 2.66. The fourth-order valence-electron chi connectivity index (χ4n) is 1.39. The molecule has 0 aliphatic carbocycles. The number of halogens is 1. The second-order valence-corrected chi connectivity index (χ2v) is 6.49. The summed E-state index contributed by atoms with van der Waals surface area (Å²) in [4.78, 5) is 21.4. The third-order valence-corrected chi connectivity index (χ3v) is 4.25. The molecule has 2 unspecified atom stereocenters. The van der Waals surface area contributed by atoms with Gasteiger partial charge in [0.25, 0.3) is 0 Å². The van der Waals surface area contributed by atoms with Gasteiger partial charge in [-0.1, -0.05) is 17.7 Å². The molecule has 7 nitrogen and oxygen atoms in total. The minimum absolute atomic E-state index is 0. The van der Waals surface area contributed by atoms with Crippen molar-refractivity contribution in [2.24, 2.45) is 0 Å². The van der Waals surface area contributed by atoms with Crippen LogP contribution in [0.4, 0.5) is 0 Å². The Morgan fingerprint density at radius 1 is 1.00 bits per heavy atom. The SMILES string of the molecule is CC1OC(=O)C(C)OC1=O.Cc1ccc(S(=O)(=O)[N-]Cl)cc1.[Na+]. The third kappa shape index (κ3) is 6.78. The Hall–Kier alpha value is -0.640. The Balaban J connectivity index is 0.000000409. The summed E-state index contributed by atoms with van der Waals surface area (Å²) in [5, 5.41) is 0. The molecule has 0 spiro atoms. The number of sulfonamides is 1. The summed E-state index contributed by atoms with van der Waals surface area (Å²) in [5.74, 6) is -0.959. The Kier molecular flexibility index (Phi) is 9.34. The molecule has 0 radical (unpaired) electrons. The number of cyclic esters (lactones) is 2. The van der Waals surface area contributed by atoms with Crippen molar-refractivity contribution in [1.82, 2.24) is 0 Å². The molecule has 0 amide bonds. The van der Waals surface area contributed by atoms with Gasteiger partial charge in [0.2, 0.25) is 0 Å². The number of rotatable bonds is 2. The number of benzene rings is 1. The van der Waals surface area contributed by atoms with Crippen molar-refractivity contribution in [2.75, 3.05) is 0 Å². The van der Waals surface area contributed by atoms with E-state index in [9.17, 15) is 18.0 Å². The maximum Gasteiger partial charge on any atom is 1.00 e. The van der Waals surface area contributed by atoms with Crippen molar-refractivity contribution in [3.8, 4) is 0 Å². The zero-order valence-corrected chi connectivity index (χ0v) is 16.7. The molecule has 2 atom stereocenters. The summed E-state index contributed by atoms with van der Waals surface area (Å²) >= 11 is 4.90. The summed E-state index contributed by atoms with van der Waals surface area (Å²) in [6.07, 6.45) is -1.49. The van der Waals surface area contributed by atoms with Crippen molar-refractivity contribution in [1.29, 1.82) is 0 Å². The van der Waals surface area contributed by atoms with Gasteiger partial charge >= 0.3 is 41.5 Å². The maximum atomic E-state index is 11.0. The van der Waals surface area contributed by atoms with E-state index in [-0.39, 0.29) is 34.5 Å². The number of hydrogen-bond acceptors (Lipinski definition) is 6. The molecule has 0 N–H and O–H groups in total. The van der Waals surface area contributed by atoms with Crippen molar-refractivity contribution in [3.05, 3.63) is 34.1 Å². The first-order valence-corrected chi connectivity index (χ1v) is 8.01. The van der Waals surface area contributed by atoms with Gasteiger partial charge in [0.1, 0.15) is 10.0 Å². The second kappa shape index (κ2) is 9.61. The van der Waals surface area contributed by atoms with Gasteiger partial charge in [0.05, 0.1) is 0 Å². The molecular formula is C13H15ClNNaO6S. The van der Waals surface area contributed by atoms with E-state index >= 15 is 0 Å². The van der Waals surface area contributed by atoms with Gasteiger partial charge in [0, 0.05) is 4.90 Å². The van der Waals surface area contributed by atoms with Crippen LogP contribution in [0.5, 0.6) is 0 Å². The van der Waals surface area contributed by atoms with E-state index < -0.39 is 34.2 Å². The normalized spacial score (nSPS) is 20.3. The number of hydrogen-bond donors (Lipinski definition) is 0. The first-order chi connectivity index (χ1) is 10.2. The van der Waals surface area contributed by atoms with Crippen LogP contribution in [0, 0.1) is 6.92 Å². The minimum Gasteiger partial charge on any atom is -0.458 e. The molecule has 1 heterocycles. The molecule has 1 aromatic carbocycles. The van der Waals surface area contributed by atoms with Gasteiger partial charge in [-0.05, 0) is 32.9 Å². The van der Waals surface area contributed by atoms with E-state index in [1.54, 1.807) is 12.1 Å². The molecule has 122 valence electrons. The van der Waals surface area contributed by atoms with E-state index in [4.69, 9.17) is 11.8 Å². The van der Waals surface area contributed by atoms with Crippen LogP contribution in [-0.2, 0) is 29.1 Å². The minimum atomic E-state index is -3.62. The smallest absolute Gasteiger partial charge is 0.458 e. The zero-order valence-electron chi connectivity index (χ0n) is 13.1. The van der Waals surface area contributed by atoms with E-state index in [0.29, 0.717) is 0 Å². The van der Waals surface area contributed by atoms with E-state index in [2.05, 4.69) is 13.7 Å². The second-order valence-electron chi connectivity index (χ2n) is 4.52. The molecule has 0 bridgehead atoms. The molecule has 10 heteroatoms. The molecule has 0 saturated carbocycles. The molecule has 0 aromatic heterocycles. The fraction of sp³-hybridized carbons (Fsp3) is 0.385. The molecular weight excluding hydrogens is 357 g/mol. The molecule has 2 rings (SSSR count). The van der Waals surface area contributed by atoms with Gasteiger partial charge in [-0.15, -0.1) is 0 Å². The van der Waals surface area contributed by atoms with Crippen LogP contribution in [0.1, 0.15) is 19.4 Å². The van der Waals surface area contributed by atoms with Gasteiger partial charge in [-0.2, -0.15) is 0 Å². The average Bonchev–Trinajstić information content (AvgIpc) is 2.46. The van der Waals surface area contributed by atoms with E-state index in [1.165, 1.54) is 26.0 Å². The summed E-state index contributed by atoms with van der Waals surface area (Å²) in [5.41, 5.74) is 0.989. The van der Waals surface area contributed by atoms with Crippen LogP contribution in [0.3, 0.4) is 0 Å². The first kappa shape index (κ1) is 22.4. The molecule has 1 fully saturated rings. The molecule has 1 aromatic rings. The summed E-state index contributed by atoms with van der Waals surface area (Å²) in [6, 6.07) is 6.32. The Morgan fingerprint density at radius 3 is 1.74 bits per heavy atom. The number of esters is 2. The summed E-state index contributed by atoms with van der Waals surface area (Å²) in [6.45, 7) is 4.83. The quantitative estimate of drug-likeness (QED) is 0.492. The van der Waals surface area contributed by atoms with Crippen molar-refractivity contribution in [2.45, 2.75) is 37.9 Å². The van der Waals surface area contributed by atoms with Crippen LogP contribution in [0.2, 0.25) is 0 Å². The van der Waals surface area contributed by atoms with E-state index in [0.717, 1.165) is 5.56 Å². The molecule has 1 aliphatic rings. The molecule has 23 heavy (non-hydrogen) atoms. The standard InChI is InChI=1S/C7H7ClNO2S.C6H8O4.Na/c1-6-2-4-7(5-3-6)12(10,11)9-8;1-3-5(7)10-4(2)6(8)9-3;/h2-5H,1H3;3-4H,1-2H3;/q-1;;+1. The Labute approximate surface area is 162 Å². The van der Waals surface area contributed by atoms with Gasteiger partial charge in [-0.3, -0.25) is 11.8 Å². The van der Waals surface area contributed by atoms with Gasteiger partial charge in [0.15, 0.2) is 12.2 Å². The Bertz CT molecular complexity index is 629. The fourth-order valence-corrected chi connectivity index (χ4v) is 2.19. The van der Waals surface area contributed by atoms with Crippen LogP contribution >= 0.6 is 11.8 Å². The van der Waals surface area contributed by atoms with Gasteiger partial charge < -0.3 is 13.7 Å². The van der Waals surface area contributed by atoms with Crippen LogP contribution in [0.25, 0.3) is 4.24 Å². The zero-order chi connectivity index (χ0) is 16.9. The van der Waals surface area contributed by atoms with Crippen molar-refractivity contribution >= 4 is 33.7 Å². The van der Waals surface area contributed by atoms with E-state index in [1.807, 2.05) is 6.92 Å². The number of aryl methyl sites for hydroxylation is 1. The number of carbonyl (C=O) groups is 2. The maximum absolute atomic E-state index is 11.0. The monoisotopic (exact) mass is 371 g/mol. The van der Waals surface area contributed by atoms with Crippen LogP contribution in [-0.4, -0.2) is 32.6 Å². The molecule has 1 aliphatic heterocycles. The van der Waals surface area contributed by atoms with Crippen molar-refractivity contribution < 1.29 is 57.0 Å². The molecule has 1 saturated heterocycles. The largest absolute Gasteiger partial charge is 1.00 e. The van der Waals surface area contributed by atoms with Crippen LogP contribution < -0.4 is 29.6 Å². The first-order valence-electron chi connectivity index (χ1n) is 6.23. The van der Waals surface area contributed by atoms with Crippen LogP contribution in [0.15, 0.2) is 29.2 Å². The summed E-state index contributed by atoms with van der Waals surface area (Å²) < 4.78 is 34.0. The topological polar surface area (TPSA) is 101 Å². The predicted molar refractivity (Wildman–Crippen MR) is 78.7 cm³/mol. The number of carbonyl (C=O) groups excluding carboxylic acids is 2. The average molecular weight is 372 g/mol. The van der Waals surface area contributed by atoms with Crippen molar-refractivity contribution in [3.63, 3.8) is 0 Å². The number of nitrogens with zero attached hydrogens (tertiary/aromatic N) is 1.